The third-order valence-corrected chi connectivity index (χ3v) is 3.58. The Hall–Kier alpha value is -0.860. The molecule has 0 heterocycles. The number of benzene rings is 2. The maximum atomic E-state index is 13.1. The molecule has 1 unspecified atom stereocenters. The van der Waals surface area contributed by atoms with Crippen molar-refractivity contribution in [3.8, 4) is 0 Å². The van der Waals surface area contributed by atoms with Gasteiger partial charge in [0.1, 0.15) is 5.82 Å². The van der Waals surface area contributed by atoms with Crippen LogP contribution in [0.15, 0.2) is 53.0 Å². The van der Waals surface area contributed by atoms with Crippen LogP contribution in [-0.4, -0.2) is 0 Å². The lowest BCUT2D eigenvalue weighted by Gasteiger charge is -2.10. The first kappa shape index (κ1) is 12.6. The van der Waals surface area contributed by atoms with E-state index in [-0.39, 0.29) is 11.2 Å². The van der Waals surface area contributed by atoms with Crippen LogP contribution in [-0.2, 0) is 6.42 Å². The van der Waals surface area contributed by atoms with Gasteiger partial charge in [-0.05, 0) is 45.6 Å². The molecule has 1 atom stereocenters. The molecule has 88 valence electrons. The topological polar surface area (TPSA) is 0 Å². The summed E-state index contributed by atoms with van der Waals surface area (Å²) in [5.41, 5.74) is 2.09. The molecule has 0 nitrogen and oxygen atoms in total. The highest BCUT2D eigenvalue weighted by molar-refractivity contribution is 9.10. The van der Waals surface area contributed by atoms with Gasteiger partial charge in [-0.15, -0.1) is 11.6 Å². The van der Waals surface area contributed by atoms with Crippen molar-refractivity contribution in [2.24, 2.45) is 0 Å². The molecule has 0 aliphatic heterocycles. The van der Waals surface area contributed by atoms with E-state index in [1.165, 1.54) is 11.6 Å². The summed E-state index contributed by atoms with van der Waals surface area (Å²) in [6.07, 6.45) is 0.737. The van der Waals surface area contributed by atoms with Crippen molar-refractivity contribution in [1.82, 2.24) is 0 Å². The van der Waals surface area contributed by atoms with E-state index < -0.39 is 0 Å². The van der Waals surface area contributed by atoms with Gasteiger partial charge in [-0.3, -0.25) is 0 Å². The molecule has 2 rings (SSSR count). The van der Waals surface area contributed by atoms with Crippen molar-refractivity contribution in [2.75, 3.05) is 0 Å². The van der Waals surface area contributed by atoms with E-state index >= 15 is 0 Å². The summed E-state index contributed by atoms with van der Waals surface area (Å²) in [6, 6.07) is 14.9. The van der Waals surface area contributed by atoms with Crippen molar-refractivity contribution in [2.45, 2.75) is 11.8 Å². The monoisotopic (exact) mass is 312 g/mol. The fourth-order valence-electron chi connectivity index (χ4n) is 1.65. The van der Waals surface area contributed by atoms with Gasteiger partial charge in [-0.1, -0.05) is 36.4 Å². The molecule has 3 heteroatoms. The van der Waals surface area contributed by atoms with Crippen molar-refractivity contribution in [3.05, 3.63) is 69.9 Å². The number of hydrogen-bond acceptors (Lipinski definition) is 0. The zero-order chi connectivity index (χ0) is 12.3. The molecule has 0 N–H and O–H groups in total. The van der Waals surface area contributed by atoms with Crippen molar-refractivity contribution < 1.29 is 4.39 Å². The predicted octanol–water partition coefficient (Wildman–Crippen LogP) is 5.11. The second-order valence-electron chi connectivity index (χ2n) is 3.83. The van der Waals surface area contributed by atoms with Crippen LogP contribution in [0.5, 0.6) is 0 Å². The highest BCUT2D eigenvalue weighted by Gasteiger charge is 2.10. The predicted molar refractivity (Wildman–Crippen MR) is 72.8 cm³/mol. The molecule has 0 saturated carbocycles. The van der Waals surface area contributed by atoms with Crippen molar-refractivity contribution in [3.63, 3.8) is 0 Å². The molecule has 0 radical (unpaired) electrons. The van der Waals surface area contributed by atoms with Crippen LogP contribution in [0.1, 0.15) is 16.5 Å². The molecule has 0 fully saturated rings. The van der Waals surface area contributed by atoms with E-state index in [4.69, 9.17) is 11.6 Å². The number of alkyl halides is 1. The highest BCUT2D eigenvalue weighted by Crippen LogP contribution is 2.28. The molecule has 0 amide bonds. The molecule has 17 heavy (non-hydrogen) atoms. The molecule has 0 aromatic heterocycles. The van der Waals surface area contributed by atoms with Gasteiger partial charge < -0.3 is 0 Å². The lowest BCUT2D eigenvalue weighted by molar-refractivity contribution is 0.620. The van der Waals surface area contributed by atoms with Gasteiger partial charge >= 0.3 is 0 Å². The second kappa shape index (κ2) is 5.65. The Morgan fingerprint density at radius 1 is 1.12 bits per heavy atom. The Labute approximate surface area is 114 Å². The molecular weight excluding hydrogens is 303 g/mol. The average molecular weight is 314 g/mol. The molecule has 2 aromatic carbocycles. The Balaban J connectivity index is 2.14. The Bertz CT molecular complexity index is 499. The Kier molecular flexibility index (Phi) is 4.19. The van der Waals surface area contributed by atoms with Crippen LogP contribution in [0.25, 0.3) is 0 Å². The van der Waals surface area contributed by atoms with Crippen LogP contribution in [0.4, 0.5) is 4.39 Å². The molecule has 2 aromatic rings. The minimum atomic E-state index is -0.266. The third kappa shape index (κ3) is 3.30. The zero-order valence-corrected chi connectivity index (χ0v) is 11.4. The molecule has 0 aliphatic rings. The van der Waals surface area contributed by atoms with Crippen LogP contribution >= 0.6 is 27.5 Å². The normalized spacial score (nSPS) is 12.4. The van der Waals surface area contributed by atoms with Crippen LogP contribution in [0.3, 0.4) is 0 Å². The summed E-state index contributed by atoms with van der Waals surface area (Å²) in [5.74, 6) is -0.266. The molecule has 0 saturated heterocycles. The van der Waals surface area contributed by atoms with Gasteiger partial charge in [-0.2, -0.15) is 0 Å². The van der Waals surface area contributed by atoms with E-state index in [0.717, 1.165) is 12.0 Å². The van der Waals surface area contributed by atoms with Gasteiger partial charge in [0.2, 0.25) is 0 Å². The fraction of sp³-hybridized carbons (Fsp3) is 0.143. The maximum absolute atomic E-state index is 13.1. The van der Waals surface area contributed by atoms with Crippen LogP contribution < -0.4 is 0 Å². The first-order chi connectivity index (χ1) is 8.16. The van der Waals surface area contributed by atoms with Gasteiger partial charge in [0.15, 0.2) is 0 Å². The van der Waals surface area contributed by atoms with Crippen molar-refractivity contribution >= 4 is 27.5 Å². The molecule has 0 aliphatic carbocycles. The zero-order valence-electron chi connectivity index (χ0n) is 9.04. The first-order valence-corrected chi connectivity index (χ1v) is 6.52. The van der Waals surface area contributed by atoms with Gasteiger partial charge in [0.25, 0.3) is 0 Å². The van der Waals surface area contributed by atoms with E-state index in [1.807, 2.05) is 30.3 Å². The molecule has 0 spiro atoms. The summed E-state index contributed by atoms with van der Waals surface area (Å²) in [7, 11) is 0. The van der Waals surface area contributed by atoms with E-state index in [0.29, 0.717) is 4.47 Å². The lowest BCUT2D eigenvalue weighted by Crippen LogP contribution is -1.96. The van der Waals surface area contributed by atoms with E-state index in [9.17, 15) is 4.39 Å². The Morgan fingerprint density at radius 3 is 2.47 bits per heavy atom. The SMILES string of the molecule is Fc1ccc(C(Cl)Cc2ccccc2)cc1Br. The standard InChI is InChI=1S/C14H11BrClF/c15-12-9-11(6-7-14(12)17)13(16)8-10-4-2-1-3-5-10/h1-7,9,13H,8H2. The Morgan fingerprint density at radius 2 is 1.82 bits per heavy atom. The quantitative estimate of drug-likeness (QED) is 0.691. The van der Waals surface area contributed by atoms with Gasteiger partial charge in [0, 0.05) is 0 Å². The minimum absolute atomic E-state index is 0.144. The van der Waals surface area contributed by atoms with Gasteiger partial charge in [0.05, 0.1) is 9.85 Å². The molecular formula is C14H11BrClF. The third-order valence-electron chi connectivity index (χ3n) is 2.56. The maximum Gasteiger partial charge on any atom is 0.137 e. The average Bonchev–Trinajstić information content (AvgIpc) is 2.34. The highest BCUT2D eigenvalue weighted by atomic mass is 79.9. The summed E-state index contributed by atoms with van der Waals surface area (Å²) >= 11 is 9.49. The summed E-state index contributed by atoms with van der Waals surface area (Å²) in [4.78, 5) is 0. The smallest absolute Gasteiger partial charge is 0.137 e. The summed E-state index contributed by atoms with van der Waals surface area (Å²) < 4.78 is 13.6. The summed E-state index contributed by atoms with van der Waals surface area (Å²) in [5, 5.41) is -0.144. The van der Waals surface area contributed by atoms with Gasteiger partial charge in [-0.25, -0.2) is 4.39 Å². The van der Waals surface area contributed by atoms with Crippen LogP contribution in [0.2, 0.25) is 0 Å². The van der Waals surface area contributed by atoms with Crippen LogP contribution in [0, 0.1) is 5.82 Å². The first-order valence-electron chi connectivity index (χ1n) is 5.30. The van der Waals surface area contributed by atoms with E-state index in [2.05, 4.69) is 15.9 Å². The second-order valence-corrected chi connectivity index (χ2v) is 5.21. The van der Waals surface area contributed by atoms with E-state index in [1.54, 1.807) is 12.1 Å². The number of rotatable bonds is 3. The van der Waals surface area contributed by atoms with Crippen molar-refractivity contribution in [1.29, 1.82) is 0 Å². The largest absolute Gasteiger partial charge is 0.206 e. The number of hydrogen-bond donors (Lipinski definition) is 0. The summed E-state index contributed by atoms with van der Waals surface area (Å²) in [6.45, 7) is 0. The molecule has 0 bridgehead atoms. The minimum Gasteiger partial charge on any atom is -0.206 e. The number of halogens is 3. The lowest BCUT2D eigenvalue weighted by atomic mass is 10.0. The fourth-order valence-corrected chi connectivity index (χ4v) is 2.36.